The van der Waals surface area contributed by atoms with E-state index >= 15 is 0 Å². The van der Waals surface area contributed by atoms with Crippen LogP contribution < -0.4 is 4.74 Å². The standard InChI is InChI=1S/C21H24FN3O3S/c1-14-8-15(2)21(10-18(14)17-6-7-20(28-5)19(22)9-17)29(26,27)25(4)13-16-11-23-24(3)12-16/h6-12H,13H2,1-5H3. The van der Waals surface area contributed by atoms with E-state index in [1.165, 1.54) is 30.6 Å². The van der Waals surface area contributed by atoms with Crippen LogP contribution in [0.2, 0.25) is 0 Å². The highest BCUT2D eigenvalue weighted by Crippen LogP contribution is 2.32. The first kappa shape index (κ1) is 21.0. The Morgan fingerprint density at radius 1 is 1.17 bits per heavy atom. The molecule has 3 rings (SSSR count). The Bertz CT molecular complexity index is 1160. The molecule has 29 heavy (non-hydrogen) atoms. The summed E-state index contributed by atoms with van der Waals surface area (Å²) in [5, 5.41) is 4.08. The van der Waals surface area contributed by atoms with Crippen molar-refractivity contribution in [1.82, 2.24) is 14.1 Å². The minimum Gasteiger partial charge on any atom is -0.494 e. The summed E-state index contributed by atoms with van der Waals surface area (Å²) in [6, 6.07) is 8.03. The van der Waals surface area contributed by atoms with Crippen molar-refractivity contribution in [3.63, 3.8) is 0 Å². The molecule has 0 aliphatic rings. The summed E-state index contributed by atoms with van der Waals surface area (Å²) < 4.78 is 48.5. The lowest BCUT2D eigenvalue weighted by Gasteiger charge is -2.20. The van der Waals surface area contributed by atoms with Gasteiger partial charge >= 0.3 is 0 Å². The zero-order chi connectivity index (χ0) is 21.3. The number of rotatable bonds is 6. The van der Waals surface area contributed by atoms with Gasteiger partial charge in [0.25, 0.3) is 0 Å². The molecule has 8 heteroatoms. The van der Waals surface area contributed by atoms with E-state index in [0.29, 0.717) is 16.7 Å². The maximum Gasteiger partial charge on any atom is 0.243 e. The van der Waals surface area contributed by atoms with Gasteiger partial charge in [-0.2, -0.15) is 9.40 Å². The second kappa shape index (κ2) is 7.96. The molecule has 0 N–H and O–H groups in total. The lowest BCUT2D eigenvalue weighted by Crippen LogP contribution is -2.27. The molecule has 6 nitrogen and oxygen atoms in total. The molecule has 0 radical (unpaired) electrons. The number of nitrogens with zero attached hydrogens (tertiary/aromatic N) is 3. The number of aryl methyl sites for hydroxylation is 3. The van der Waals surface area contributed by atoms with Gasteiger partial charge in [0.1, 0.15) is 0 Å². The number of methoxy groups -OCH3 is 1. The van der Waals surface area contributed by atoms with Gasteiger partial charge in [-0.3, -0.25) is 4.68 Å². The molecule has 1 heterocycles. The second-order valence-corrected chi connectivity index (χ2v) is 9.08. The van der Waals surface area contributed by atoms with E-state index in [4.69, 9.17) is 4.74 Å². The van der Waals surface area contributed by atoms with Crippen molar-refractivity contribution >= 4 is 10.0 Å². The van der Waals surface area contributed by atoms with Crippen molar-refractivity contribution in [3.05, 3.63) is 65.2 Å². The summed E-state index contributed by atoms with van der Waals surface area (Å²) >= 11 is 0. The Morgan fingerprint density at radius 3 is 2.48 bits per heavy atom. The zero-order valence-corrected chi connectivity index (χ0v) is 17.9. The van der Waals surface area contributed by atoms with Gasteiger partial charge in [-0.1, -0.05) is 12.1 Å². The van der Waals surface area contributed by atoms with Gasteiger partial charge in [-0.05, 0) is 54.3 Å². The first-order valence-electron chi connectivity index (χ1n) is 9.02. The smallest absolute Gasteiger partial charge is 0.243 e. The van der Waals surface area contributed by atoms with Crippen molar-refractivity contribution in [3.8, 4) is 16.9 Å². The SMILES string of the molecule is COc1ccc(-c2cc(S(=O)(=O)N(C)Cc3cnn(C)c3)c(C)cc2C)cc1F. The fourth-order valence-electron chi connectivity index (χ4n) is 3.32. The molecule has 0 unspecified atom stereocenters. The summed E-state index contributed by atoms with van der Waals surface area (Å²) in [6.07, 6.45) is 3.42. The Hall–Kier alpha value is -2.71. The number of hydrogen-bond acceptors (Lipinski definition) is 4. The van der Waals surface area contributed by atoms with Gasteiger partial charge in [0.05, 0.1) is 18.2 Å². The van der Waals surface area contributed by atoms with Gasteiger partial charge in [0.15, 0.2) is 11.6 Å². The highest BCUT2D eigenvalue weighted by Gasteiger charge is 2.25. The first-order valence-corrected chi connectivity index (χ1v) is 10.5. The molecule has 0 atom stereocenters. The minimum absolute atomic E-state index is 0.141. The summed E-state index contributed by atoms with van der Waals surface area (Å²) in [4.78, 5) is 0.195. The fourth-order valence-corrected chi connectivity index (χ4v) is 4.71. The summed E-state index contributed by atoms with van der Waals surface area (Å²) in [6.45, 7) is 3.84. The number of hydrogen-bond donors (Lipinski definition) is 0. The van der Waals surface area contributed by atoms with Crippen molar-refractivity contribution in [2.24, 2.45) is 7.05 Å². The van der Waals surface area contributed by atoms with Gasteiger partial charge in [-0.25, -0.2) is 12.8 Å². The van der Waals surface area contributed by atoms with Crippen molar-refractivity contribution in [2.45, 2.75) is 25.3 Å². The van der Waals surface area contributed by atoms with E-state index in [1.54, 1.807) is 43.2 Å². The Kier molecular flexibility index (Phi) is 5.77. The maximum absolute atomic E-state index is 14.2. The van der Waals surface area contributed by atoms with Crippen LogP contribution in [0.3, 0.4) is 0 Å². The molecule has 0 saturated heterocycles. The molecule has 154 valence electrons. The molecule has 0 amide bonds. The van der Waals surface area contributed by atoms with E-state index in [9.17, 15) is 12.8 Å². The number of sulfonamides is 1. The molecular weight excluding hydrogens is 393 g/mol. The zero-order valence-electron chi connectivity index (χ0n) is 17.1. The van der Waals surface area contributed by atoms with Crippen LogP contribution in [-0.4, -0.2) is 36.7 Å². The van der Waals surface area contributed by atoms with E-state index in [1.807, 2.05) is 13.0 Å². The molecule has 3 aromatic rings. The number of halogens is 1. The van der Waals surface area contributed by atoms with E-state index in [2.05, 4.69) is 5.10 Å². The predicted octanol–water partition coefficient (Wildman–Crippen LogP) is 3.67. The van der Waals surface area contributed by atoms with Crippen molar-refractivity contribution in [2.75, 3.05) is 14.2 Å². The summed E-state index contributed by atoms with van der Waals surface area (Å²) in [7, 11) is 0.966. The third-order valence-electron chi connectivity index (χ3n) is 4.84. The molecular formula is C21H24FN3O3S. The molecule has 0 aliphatic carbocycles. The summed E-state index contributed by atoms with van der Waals surface area (Å²) in [5.74, 6) is -0.356. The quantitative estimate of drug-likeness (QED) is 0.614. The average molecular weight is 418 g/mol. The average Bonchev–Trinajstić information content (AvgIpc) is 3.06. The topological polar surface area (TPSA) is 64.4 Å². The van der Waals surface area contributed by atoms with Crippen molar-refractivity contribution in [1.29, 1.82) is 0 Å². The molecule has 2 aromatic carbocycles. The van der Waals surface area contributed by atoms with E-state index in [-0.39, 0.29) is 17.2 Å². The minimum atomic E-state index is -3.75. The van der Waals surface area contributed by atoms with Crippen LogP contribution in [0.1, 0.15) is 16.7 Å². The van der Waals surface area contributed by atoms with Crippen LogP contribution in [0.5, 0.6) is 5.75 Å². The Labute approximate surface area is 170 Å². The number of aromatic nitrogens is 2. The Morgan fingerprint density at radius 2 is 1.90 bits per heavy atom. The van der Waals surface area contributed by atoms with Crippen LogP contribution in [0.15, 0.2) is 47.6 Å². The van der Waals surface area contributed by atoms with Crippen LogP contribution >= 0.6 is 0 Å². The lowest BCUT2D eigenvalue weighted by molar-refractivity contribution is 0.386. The number of benzene rings is 2. The van der Waals surface area contributed by atoms with Crippen LogP contribution in [0, 0.1) is 19.7 Å². The van der Waals surface area contributed by atoms with Crippen molar-refractivity contribution < 1.29 is 17.5 Å². The largest absolute Gasteiger partial charge is 0.494 e. The molecule has 0 bridgehead atoms. The first-order chi connectivity index (χ1) is 13.6. The molecule has 1 aromatic heterocycles. The van der Waals surface area contributed by atoms with Gasteiger partial charge in [0.2, 0.25) is 10.0 Å². The van der Waals surface area contributed by atoms with Crippen LogP contribution in [0.4, 0.5) is 4.39 Å². The van der Waals surface area contributed by atoms with Crippen LogP contribution in [-0.2, 0) is 23.6 Å². The third kappa shape index (κ3) is 4.18. The molecule has 0 saturated carbocycles. The lowest BCUT2D eigenvalue weighted by atomic mass is 9.98. The second-order valence-electron chi connectivity index (χ2n) is 7.07. The normalized spacial score (nSPS) is 11.8. The highest BCUT2D eigenvalue weighted by molar-refractivity contribution is 7.89. The summed E-state index contributed by atoms with van der Waals surface area (Å²) in [5.41, 5.74) is 3.54. The monoisotopic (exact) mass is 417 g/mol. The van der Waals surface area contributed by atoms with E-state index in [0.717, 1.165) is 11.1 Å². The predicted molar refractivity (Wildman–Crippen MR) is 110 cm³/mol. The maximum atomic E-state index is 14.2. The molecule has 0 aliphatic heterocycles. The van der Waals surface area contributed by atoms with Crippen LogP contribution in [0.25, 0.3) is 11.1 Å². The van der Waals surface area contributed by atoms with Gasteiger partial charge < -0.3 is 4.74 Å². The number of ether oxygens (including phenoxy) is 1. The Balaban J connectivity index is 2.03. The fraction of sp³-hybridized carbons (Fsp3) is 0.286. The third-order valence-corrected chi connectivity index (χ3v) is 6.78. The molecule has 0 fully saturated rings. The van der Waals surface area contributed by atoms with Gasteiger partial charge in [0, 0.05) is 32.4 Å². The highest BCUT2D eigenvalue weighted by atomic mass is 32.2. The van der Waals surface area contributed by atoms with Gasteiger partial charge in [-0.15, -0.1) is 0 Å². The molecule has 0 spiro atoms. The van der Waals surface area contributed by atoms with E-state index < -0.39 is 15.8 Å².